The number of thioether (sulfide) groups is 1. The number of hydrogen-bond acceptors (Lipinski definition) is 10. The molecule has 3 N–H and O–H groups in total. The molecule has 0 heterocycles. The van der Waals surface area contributed by atoms with Crippen LogP contribution in [0.3, 0.4) is 0 Å². The molecule has 0 bridgehead atoms. The second-order valence-electron chi connectivity index (χ2n) is 12.6. The lowest BCUT2D eigenvalue weighted by molar-refractivity contribution is -0.144. The number of hydrogen-bond donors (Lipinski definition) is 3. The number of esters is 1. The molecular weight excluding hydrogens is 634 g/mol. The molecule has 11 nitrogen and oxygen atoms in total. The number of fused-ring (bicyclic) bond motifs is 3. The van der Waals surface area contributed by atoms with Crippen molar-refractivity contribution < 1.29 is 33.3 Å². The maximum Gasteiger partial charge on any atom is 0.306 e. The summed E-state index contributed by atoms with van der Waals surface area (Å²) in [6.07, 6.45) is 8.62. The third-order valence-corrected chi connectivity index (χ3v) is 10.1. The molecule has 1 saturated carbocycles. The average molecular weight is 684 g/mol. The van der Waals surface area contributed by atoms with Crippen molar-refractivity contribution in [1.29, 1.82) is 0 Å². The van der Waals surface area contributed by atoms with Gasteiger partial charge in [-0.15, -0.1) is 0 Å². The van der Waals surface area contributed by atoms with E-state index >= 15 is 0 Å². The van der Waals surface area contributed by atoms with Crippen LogP contribution in [0.1, 0.15) is 75.5 Å². The molecule has 0 spiro atoms. The third-order valence-electron chi connectivity index (χ3n) is 9.47. The van der Waals surface area contributed by atoms with E-state index in [4.69, 9.17) is 18.9 Å². The van der Waals surface area contributed by atoms with Crippen LogP contribution in [0.25, 0.3) is 11.1 Å². The van der Waals surface area contributed by atoms with E-state index in [1.165, 1.54) is 14.0 Å². The molecule has 0 unspecified atom stereocenters. The Morgan fingerprint density at radius 3 is 2.35 bits per heavy atom. The Kier molecular flexibility index (Phi) is 13.0. The smallest absolute Gasteiger partial charge is 0.306 e. The van der Waals surface area contributed by atoms with Crippen molar-refractivity contribution in [3.05, 3.63) is 45.6 Å². The van der Waals surface area contributed by atoms with Crippen molar-refractivity contribution in [2.45, 2.75) is 76.8 Å². The number of carbonyl (C=O) groups excluding carboxylic acids is 3. The van der Waals surface area contributed by atoms with Crippen LogP contribution in [0.4, 0.5) is 5.69 Å². The first-order valence-corrected chi connectivity index (χ1v) is 17.9. The normalized spacial score (nSPS) is 17.0. The summed E-state index contributed by atoms with van der Waals surface area (Å²) in [5.74, 6) is 1.38. The predicted octanol–water partition coefficient (Wildman–Crippen LogP) is 5.03. The second kappa shape index (κ2) is 16.9. The summed E-state index contributed by atoms with van der Waals surface area (Å²) in [7, 11) is 6.05. The van der Waals surface area contributed by atoms with Crippen LogP contribution in [-0.2, 0) is 25.5 Å². The molecule has 0 radical (unpaired) electrons. The highest BCUT2D eigenvalue weighted by atomic mass is 32.2. The van der Waals surface area contributed by atoms with Gasteiger partial charge in [0.25, 0.3) is 0 Å². The summed E-state index contributed by atoms with van der Waals surface area (Å²) in [4.78, 5) is 52.3. The minimum absolute atomic E-state index is 0.215. The van der Waals surface area contributed by atoms with Gasteiger partial charge in [0, 0.05) is 19.0 Å². The minimum Gasteiger partial charge on any atom is -0.493 e. The van der Waals surface area contributed by atoms with E-state index in [2.05, 4.69) is 16.0 Å². The molecule has 0 aliphatic heterocycles. The quantitative estimate of drug-likeness (QED) is 0.232. The van der Waals surface area contributed by atoms with E-state index in [0.29, 0.717) is 59.9 Å². The molecule has 1 fully saturated rings. The summed E-state index contributed by atoms with van der Waals surface area (Å²) in [6.45, 7) is 1.82. The molecule has 0 aromatic heterocycles. The number of rotatable bonds is 14. The fourth-order valence-corrected chi connectivity index (χ4v) is 7.48. The molecule has 12 heteroatoms. The standard InChI is InChI=1S/C36H49N3O8S/c1-22(40)38-26-12-10-23-18-30(44-2)33(46-4)34(47-5)32(23)24-11-13-27(29(41)19-25(24)26)39-28(14-17-48-6)35(43)37-21-36(20-31(42)45-3)15-8-7-9-16-36/h11,13,18-19,26,28H,7-10,12,14-17,20-21H2,1-6H3,(H,37,43)(H,38,40)(H,39,41)/t26-,28-/m0/s1. The number of aryl methyl sites for hydroxylation is 1. The molecule has 262 valence electrons. The Morgan fingerprint density at radius 1 is 1.00 bits per heavy atom. The predicted molar refractivity (Wildman–Crippen MR) is 188 cm³/mol. The van der Waals surface area contributed by atoms with Crippen molar-refractivity contribution >= 4 is 35.2 Å². The average Bonchev–Trinajstić information content (AvgIpc) is 3.32. The zero-order valence-corrected chi connectivity index (χ0v) is 29.7. The number of nitrogens with one attached hydrogen (secondary N) is 3. The second-order valence-corrected chi connectivity index (χ2v) is 13.6. The van der Waals surface area contributed by atoms with Crippen LogP contribution in [0.2, 0.25) is 0 Å². The molecular formula is C36H49N3O8S. The van der Waals surface area contributed by atoms with Crippen LogP contribution in [-0.4, -0.2) is 70.8 Å². The van der Waals surface area contributed by atoms with Crippen molar-refractivity contribution in [1.82, 2.24) is 10.6 Å². The van der Waals surface area contributed by atoms with Gasteiger partial charge in [-0.25, -0.2) is 0 Å². The van der Waals surface area contributed by atoms with E-state index < -0.39 is 12.1 Å². The number of ether oxygens (including phenoxy) is 4. The molecule has 2 amide bonds. The van der Waals surface area contributed by atoms with E-state index in [-0.39, 0.29) is 40.7 Å². The lowest BCUT2D eigenvalue weighted by Crippen LogP contribution is -2.46. The Hall–Kier alpha value is -3.93. The summed E-state index contributed by atoms with van der Waals surface area (Å²) in [5, 5.41) is 9.38. The Morgan fingerprint density at radius 2 is 1.73 bits per heavy atom. The number of amides is 2. The molecule has 48 heavy (non-hydrogen) atoms. The summed E-state index contributed by atoms with van der Waals surface area (Å²) < 4.78 is 22.2. The first kappa shape index (κ1) is 36.9. The van der Waals surface area contributed by atoms with Gasteiger partial charge in [-0.3, -0.25) is 19.2 Å². The van der Waals surface area contributed by atoms with E-state index in [0.717, 1.165) is 43.2 Å². The van der Waals surface area contributed by atoms with Gasteiger partial charge in [-0.05, 0) is 84.4 Å². The summed E-state index contributed by atoms with van der Waals surface area (Å²) in [6, 6.07) is 5.84. The van der Waals surface area contributed by atoms with Crippen LogP contribution < -0.4 is 35.6 Å². The van der Waals surface area contributed by atoms with Gasteiger partial charge < -0.3 is 34.9 Å². The highest BCUT2D eigenvalue weighted by Crippen LogP contribution is 2.50. The largest absolute Gasteiger partial charge is 0.493 e. The lowest BCUT2D eigenvalue weighted by atomic mass is 9.71. The van der Waals surface area contributed by atoms with Gasteiger partial charge >= 0.3 is 5.97 Å². The van der Waals surface area contributed by atoms with Gasteiger partial charge in [0.15, 0.2) is 11.5 Å². The Labute approximate surface area is 287 Å². The van der Waals surface area contributed by atoms with Crippen molar-refractivity contribution in [2.75, 3.05) is 52.3 Å². The maximum absolute atomic E-state index is 13.9. The first-order chi connectivity index (χ1) is 23.1. The lowest BCUT2D eigenvalue weighted by Gasteiger charge is -2.37. The number of carbonyl (C=O) groups is 3. The van der Waals surface area contributed by atoms with Gasteiger partial charge in [0.2, 0.25) is 23.0 Å². The van der Waals surface area contributed by atoms with Gasteiger partial charge in [-0.2, -0.15) is 11.8 Å². The monoisotopic (exact) mass is 683 g/mol. The first-order valence-electron chi connectivity index (χ1n) is 16.5. The fraction of sp³-hybridized carbons (Fsp3) is 0.556. The minimum atomic E-state index is -0.691. The van der Waals surface area contributed by atoms with E-state index in [1.54, 1.807) is 45.2 Å². The van der Waals surface area contributed by atoms with Crippen molar-refractivity contribution in [2.24, 2.45) is 5.41 Å². The highest BCUT2D eigenvalue weighted by Gasteiger charge is 2.36. The molecule has 2 aromatic rings. The molecule has 2 aliphatic carbocycles. The van der Waals surface area contributed by atoms with Crippen LogP contribution >= 0.6 is 11.8 Å². The SMILES string of the molecule is COC(=O)CC1(CNC(=O)[C@H](CCSC)Nc2ccc3c(cc2=O)[C@@H](NC(C)=O)CCc2cc(OC)c(OC)c(OC)c2-3)CCCCC1. The molecule has 0 saturated heterocycles. The van der Waals surface area contributed by atoms with E-state index in [9.17, 15) is 19.2 Å². The zero-order valence-electron chi connectivity index (χ0n) is 28.9. The number of benzene rings is 1. The van der Waals surface area contributed by atoms with Crippen LogP contribution in [0.15, 0.2) is 29.1 Å². The number of anilines is 1. The van der Waals surface area contributed by atoms with Crippen LogP contribution in [0.5, 0.6) is 17.2 Å². The Bertz CT molecular complexity index is 1540. The molecule has 4 rings (SSSR count). The van der Waals surface area contributed by atoms with Crippen molar-refractivity contribution in [3.63, 3.8) is 0 Å². The number of methoxy groups -OCH3 is 4. The fourth-order valence-electron chi connectivity index (χ4n) is 7.01. The summed E-state index contributed by atoms with van der Waals surface area (Å²) >= 11 is 1.61. The topological polar surface area (TPSA) is 141 Å². The zero-order chi connectivity index (χ0) is 34.8. The van der Waals surface area contributed by atoms with Gasteiger partial charge in [-0.1, -0.05) is 25.3 Å². The van der Waals surface area contributed by atoms with Crippen molar-refractivity contribution in [3.8, 4) is 28.4 Å². The van der Waals surface area contributed by atoms with Gasteiger partial charge in [0.1, 0.15) is 6.04 Å². The molecule has 2 atom stereocenters. The molecule has 2 aromatic carbocycles. The maximum atomic E-state index is 13.9. The Balaban J connectivity index is 1.74. The third kappa shape index (κ3) is 8.56. The molecule has 2 aliphatic rings. The van der Waals surface area contributed by atoms with Crippen LogP contribution in [0, 0.1) is 5.41 Å². The highest BCUT2D eigenvalue weighted by molar-refractivity contribution is 7.98. The van der Waals surface area contributed by atoms with E-state index in [1.807, 2.05) is 18.4 Å². The van der Waals surface area contributed by atoms with Gasteiger partial charge in [0.05, 0.1) is 46.6 Å². The summed E-state index contributed by atoms with van der Waals surface area (Å²) in [5.41, 5.74) is 2.61.